The third-order valence-corrected chi connectivity index (χ3v) is 7.14. The molecule has 0 atom stereocenters. The summed E-state index contributed by atoms with van der Waals surface area (Å²) in [6, 6.07) is 22.0. The third kappa shape index (κ3) is 5.64. The van der Waals surface area contributed by atoms with Crippen molar-refractivity contribution in [2.75, 3.05) is 10.7 Å². The Balaban J connectivity index is 1.47. The van der Waals surface area contributed by atoms with Crippen LogP contribution in [0.4, 0.5) is 9.52 Å². The van der Waals surface area contributed by atoms with Gasteiger partial charge in [-0.25, -0.2) is 9.37 Å². The van der Waals surface area contributed by atoms with Crippen molar-refractivity contribution in [2.24, 2.45) is 0 Å². The van der Waals surface area contributed by atoms with Gasteiger partial charge < -0.3 is 0 Å². The van der Waals surface area contributed by atoms with Crippen LogP contribution < -0.4 is 4.90 Å². The van der Waals surface area contributed by atoms with Crippen molar-refractivity contribution in [3.8, 4) is 0 Å². The molecule has 0 aliphatic heterocycles. The van der Waals surface area contributed by atoms with Crippen LogP contribution in [0.25, 0.3) is 10.2 Å². The van der Waals surface area contributed by atoms with Crippen LogP contribution in [0.2, 0.25) is 5.02 Å². The summed E-state index contributed by atoms with van der Waals surface area (Å²) in [7, 11) is 0. The number of aromatic nitrogens is 1. The first kappa shape index (κ1) is 21.8. The number of carbonyl (C=O) groups excluding carboxylic acids is 1. The molecule has 3 aromatic carbocycles. The van der Waals surface area contributed by atoms with Crippen molar-refractivity contribution >= 4 is 56.0 Å². The number of carbonyl (C=O) groups is 1. The zero-order chi connectivity index (χ0) is 21.6. The Bertz CT molecular complexity index is 1170. The minimum absolute atomic E-state index is 0.0266. The van der Waals surface area contributed by atoms with Crippen molar-refractivity contribution in [3.05, 3.63) is 89.2 Å². The number of rotatable bonds is 8. The Labute approximate surface area is 193 Å². The number of thiazole rings is 1. The summed E-state index contributed by atoms with van der Waals surface area (Å²) in [5.74, 6) is 0.563. The Morgan fingerprint density at radius 2 is 1.81 bits per heavy atom. The predicted octanol–water partition coefficient (Wildman–Crippen LogP) is 7.19. The van der Waals surface area contributed by atoms with Gasteiger partial charge in [0.05, 0.1) is 16.3 Å². The minimum atomic E-state index is -0.244. The van der Waals surface area contributed by atoms with Crippen LogP contribution in [0.3, 0.4) is 0 Å². The number of hydrogen-bond donors (Lipinski definition) is 0. The Kier molecular flexibility index (Phi) is 7.22. The minimum Gasteiger partial charge on any atom is -0.284 e. The van der Waals surface area contributed by atoms with Gasteiger partial charge in [0.1, 0.15) is 11.3 Å². The van der Waals surface area contributed by atoms with Gasteiger partial charge in [0, 0.05) is 11.3 Å². The molecule has 1 aromatic heterocycles. The largest absolute Gasteiger partial charge is 0.284 e. The molecule has 0 aliphatic rings. The monoisotopic (exact) mass is 470 g/mol. The highest BCUT2D eigenvalue weighted by Gasteiger charge is 2.20. The first-order valence-corrected chi connectivity index (χ1v) is 12.1. The van der Waals surface area contributed by atoms with E-state index in [-0.39, 0.29) is 11.7 Å². The van der Waals surface area contributed by atoms with Gasteiger partial charge in [0.2, 0.25) is 5.91 Å². The first-order chi connectivity index (χ1) is 15.1. The molecule has 0 bridgehead atoms. The summed E-state index contributed by atoms with van der Waals surface area (Å²) in [6.07, 6.45) is 1.13. The second kappa shape index (κ2) is 10.3. The fourth-order valence-electron chi connectivity index (χ4n) is 3.13. The van der Waals surface area contributed by atoms with Crippen molar-refractivity contribution in [1.29, 1.82) is 0 Å². The zero-order valence-electron chi connectivity index (χ0n) is 16.6. The molecule has 7 heteroatoms. The highest BCUT2D eigenvalue weighted by atomic mass is 35.5. The summed E-state index contributed by atoms with van der Waals surface area (Å²) >= 11 is 9.39. The number of para-hydroxylation sites is 1. The van der Waals surface area contributed by atoms with Gasteiger partial charge >= 0.3 is 0 Å². The fourth-order valence-corrected chi connectivity index (χ4v) is 5.26. The van der Waals surface area contributed by atoms with E-state index in [9.17, 15) is 9.18 Å². The molecule has 0 fully saturated rings. The summed E-state index contributed by atoms with van der Waals surface area (Å²) in [4.78, 5) is 20.6. The SMILES string of the molecule is O=C(CCCSc1ccc(F)cc1)N(Cc1ccccc1)c1nc2c(Cl)cccc2s1. The number of fused-ring (bicyclic) bond motifs is 1. The maximum atomic E-state index is 13.2. The molecule has 0 unspecified atom stereocenters. The summed E-state index contributed by atoms with van der Waals surface area (Å²) in [5, 5.41) is 1.24. The lowest BCUT2D eigenvalue weighted by atomic mass is 10.2. The van der Waals surface area contributed by atoms with Crippen molar-refractivity contribution in [1.82, 2.24) is 4.98 Å². The van der Waals surface area contributed by atoms with Crippen molar-refractivity contribution in [3.63, 3.8) is 0 Å². The van der Waals surface area contributed by atoms with E-state index >= 15 is 0 Å². The summed E-state index contributed by atoms with van der Waals surface area (Å²) in [6.45, 7) is 0.461. The first-order valence-electron chi connectivity index (χ1n) is 9.88. The molecule has 0 radical (unpaired) electrons. The molecule has 31 heavy (non-hydrogen) atoms. The quantitative estimate of drug-likeness (QED) is 0.202. The van der Waals surface area contributed by atoms with Crippen molar-refractivity contribution < 1.29 is 9.18 Å². The van der Waals surface area contributed by atoms with Gasteiger partial charge in [-0.2, -0.15) is 0 Å². The van der Waals surface area contributed by atoms with Crippen LogP contribution in [0.15, 0.2) is 77.7 Å². The van der Waals surface area contributed by atoms with Gasteiger partial charge in [-0.05, 0) is 54.1 Å². The van der Waals surface area contributed by atoms with E-state index in [1.165, 1.54) is 23.5 Å². The molecule has 0 saturated carbocycles. The lowest BCUT2D eigenvalue weighted by Crippen LogP contribution is -2.30. The topological polar surface area (TPSA) is 33.2 Å². The van der Waals surface area contributed by atoms with Crippen LogP contribution in [-0.4, -0.2) is 16.6 Å². The molecule has 4 rings (SSSR count). The highest BCUT2D eigenvalue weighted by molar-refractivity contribution is 7.99. The average Bonchev–Trinajstić information content (AvgIpc) is 3.22. The number of nitrogens with zero attached hydrogens (tertiary/aromatic N) is 2. The van der Waals surface area contributed by atoms with Crippen LogP contribution >= 0.6 is 34.7 Å². The van der Waals surface area contributed by atoms with Crippen LogP contribution in [0, 0.1) is 5.82 Å². The molecule has 3 nitrogen and oxygen atoms in total. The van der Waals surface area contributed by atoms with Gasteiger partial charge in [-0.1, -0.05) is 59.3 Å². The summed E-state index contributed by atoms with van der Waals surface area (Å²) in [5.41, 5.74) is 1.77. The fraction of sp³-hybridized carbons (Fsp3) is 0.167. The number of anilines is 1. The van der Waals surface area contributed by atoms with E-state index in [4.69, 9.17) is 11.6 Å². The number of amides is 1. The zero-order valence-corrected chi connectivity index (χ0v) is 19.0. The maximum Gasteiger partial charge on any atom is 0.229 e. The Morgan fingerprint density at radius 3 is 2.55 bits per heavy atom. The molecule has 1 amide bonds. The van der Waals surface area contributed by atoms with E-state index in [0.717, 1.165) is 32.8 Å². The average molecular weight is 471 g/mol. The lowest BCUT2D eigenvalue weighted by molar-refractivity contribution is -0.118. The van der Waals surface area contributed by atoms with Gasteiger partial charge in [-0.3, -0.25) is 9.69 Å². The van der Waals surface area contributed by atoms with Gasteiger partial charge in [-0.15, -0.1) is 11.8 Å². The number of thioether (sulfide) groups is 1. The molecule has 0 saturated heterocycles. The van der Waals surface area contributed by atoms with Gasteiger partial charge in [0.25, 0.3) is 0 Å². The standard InChI is InChI=1S/C24H20ClFN2OS2/c25-20-8-4-9-21-23(20)27-24(31-21)28(16-17-6-2-1-3-7-17)22(29)10-5-15-30-19-13-11-18(26)12-14-19/h1-4,6-9,11-14H,5,10,15-16H2. The molecular formula is C24H20ClFN2OS2. The molecule has 0 spiro atoms. The van der Waals surface area contributed by atoms with Crippen LogP contribution in [-0.2, 0) is 11.3 Å². The molecule has 4 aromatic rings. The van der Waals surface area contributed by atoms with Crippen LogP contribution in [0.5, 0.6) is 0 Å². The normalized spacial score (nSPS) is 11.0. The Hall–Kier alpha value is -2.41. The smallest absolute Gasteiger partial charge is 0.229 e. The second-order valence-corrected chi connectivity index (χ2v) is 9.54. The predicted molar refractivity (Wildman–Crippen MR) is 129 cm³/mol. The molecule has 158 valence electrons. The molecule has 0 aliphatic carbocycles. The highest BCUT2D eigenvalue weighted by Crippen LogP contribution is 2.34. The maximum absolute atomic E-state index is 13.2. The number of hydrogen-bond acceptors (Lipinski definition) is 4. The van der Waals surface area contributed by atoms with Gasteiger partial charge in [0.15, 0.2) is 5.13 Å². The summed E-state index contributed by atoms with van der Waals surface area (Å²) < 4.78 is 14.0. The van der Waals surface area contributed by atoms with E-state index in [0.29, 0.717) is 23.1 Å². The van der Waals surface area contributed by atoms with E-state index in [2.05, 4.69) is 4.98 Å². The van der Waals surface area contributed by atoms with Crippen molar-refractivity contribution in [2.45, 2.75) is 24.3 Å². The van der Waals surface area contributed by atoms with E-state index < -0.39 is 0 Å². The molecular weight excluding hydrogens is 451 g/mol. The number of halogens is 2. The molecule has 1 heterocycles. The number of benzene rings is 3. The van der Waals surface area contributed by atoms with E-state index in [1.807, 2.05) is 48.5 Å². The third-order valence-electron chi connectivity index (χ3n) is 4.69. The lowest BCUT2D eigenvalue weighted by Gasteiger charge is -2.20. The molecule has 0 N–H and O–H groups in total. The Morgan fingerprint density at radius 1 is 1.03 bits per heavy atom. The second-order valence-electron chi connectivity index (χ2n) is 6.95. The van der Waals surface area contributed by atoms with Crippen LogP contribution in [0.1, 0.15) is 18.4 Å². The van der Waals surface area contributed by atoms with E-state index in [1.54, 1.807) is 28.8 Å².